The van der Waals surface area contributed by atoms with E-state index in [1.165, 1.54) is 23.5 Å². The lowest BCUT2D eigenvalue weighted by atomic mass is 10.3. The molecule has 1 amide bonds. The zero-order valence-corrected chi connectivity index (χ0v) is 15.3. The van der Waals surface area contributed by atoms with Crippen molar-refractivity contribution in [2.75, 3.05) is 13.1 Å². The quantitative estimate of drug-likeness (QED) is 0.709. The fourth-order valence-electron chi connectivity index (χ4n) is 2.67. The summed E-state index contributed by atoms with van der Waals surface area (Å²) in [5.41, 5.74) is 1.62. The van der Waals surface area contributed by atoms with E-state index < -0.39 is 0 Å². The SMILES string of the molecule is CCN[C@H](C)CNC(=O)c1cc2c(C)nn(-c3ccc(F)cc3)c2s1. The molecule has 0 aliphatic carbocycles. The van der Waals surface area contributed by atoms with Crippen molar-refractivity contribution in [2.45, 2.75) is 26.8 Å². The molecular formula is C18H21FN4OS. The average Bonchev–Trinajstić information content (AvgIpc) is 3.15. The molecule has 25 heavy (non-hydrogen) atoms. The van der Waals surface area contributed by atoms with Crippen LogP contribution in [-0.2, 0) is 0 Å². The molecule has 0 saturated heterocycles. The predicted molar refractivity (Wildman–Crippen MR) is 99.1 cm³/mol. The molecule has 3 rings (SSSR count). The van der Waals surface area contributed by atoms with E-state index in [4.69, 9.17) is 0 Å². The minimum Gasteiger partial charge on any atom is -0.350 e. The molecule has 2 heterocycles. The van der Waals surface area contributed by atoms with Gasteiger partial charge in [0.2, 0.25) is 0 Å². The molecular weight excluding hydrogens is 339 g/mol. The maximum absolute atomic E-state index is 13.2. The van der Waals surface area contributed by atoms with Gasteiger partial charge in [0.15, 0.2) is 0 Å². The first kappa shape index (κ1) is 17.6. The first-order valence-electron chi connectivity index (χ1n) is 8.26. The smallest absolute Gasteiger partial charge is 0.261 e. The van der Waals surface area contributed by atoms with Gasteiger partial charge in [0.25, 0.3) is 5.91 Å². The molecule has 5 nitrogen and oxygen atoms in total. The molecule has 0 fully saturated rings. The van der Waals surface area contributed by atoms with Crippen LogP contribution in [0.3, 0.4) is 0 Å². The van der Waals surface area contributed by atoms with E-state index in [-0.39, 0.29) is 17.8 Å². The number of hydrogen-bond acceptors (Lipinski definition) is 4. The van der Waals surface area contributed by atoms with Crippen LogP contribution >= 0.6 is 11.3 Å². The summed E-state index contributed by atoms with van der Waals surface area (Å²) in [6, 6.07) is 8.26. The predicted octanol–water partition coefficient (Wildman–Crippen LogP) is 3.26. The zero-order valence-electron chi connectivity index (χ0n) is 14.5. The number of benzene rings is 1. The number of nitrogens with zero attached hydrogens (tertiary/aromatic N) is 2. The number of halogens is 1. The average molecular weight is 360 g/mol. The third-order valence-corrected chi connectivity index (χ3v) is 5.07. The van der Waals surface area contributed by atoms with Crippen LogP contribution in [0.5, 0.6) is 0 Å². The van der Waals surface area contributed by atoms with Crippen LogP contribution in [0.4, 0.5) is 4.39 Å². The highest BCUT2D eigenvalue weighted by molar-refractivity contribution is 7.20. The Kier molecular flexibility index (Phi) is 5.15. The highest BCUT2D eigenvalue weighted by atomic mass is 32.1. The van der Waals surface area contributed by atoms with Gasteiger partial charge >= 0.3 is 0 Å². The van der Waals surface area contributed by atoms with Crippen LogP contribution in [0.25, 0.3) is 15.9 Å². The van der Waals surface area contributed by atoms with Crippen LogP contribution < -0.4 is 10.6 Å². The van der Waals surface area contributed by atoms with Crippen molar-refractivity contribution >= 4 is 27.5 Å². The minimum atomic E-state index is -0.287. The summed E-state index contributed by atoms with van der Waals surface area (Å²) in [7, 11) is 0. The summed E-state index contributed by atoms with van der Waals surface area (Å²) in [6.45, 7) is 7.42. The number of fused-ring (bicyclic) bond motifs is 1. The number of carbonyl (C=O) groups excluding carboxylic acids is 1. The molecule has 0 bridgehead atoms. The lowest BCUT2D eigenvalue weighted by molar-refractivity contribution is 0.0954. The number of likely N-dealkylation sites (N-methyl/N-ethyl adjacent to an activating group) is 1. The highest BCUT2D eigenvalue weighted by Gasteiger charge is 2.17. The van der Waals surface area contributed by atoms with E-state index in [2.05, 4.69) is 15.7 Å². The van der Waals surface area contributed by atoms with E-state index in [1.807, 2.05) is 26.8 Å². The standard InChI is InChI=1S/C18H21FN4OS/c1-4-20-11(2)10-21-17(24)16-9-15-12(3)22-23(18(15)25-16)14-7-5-13(19)6-8-14/h5-9,11,20H,4,10H2,1-3H3,(H,21,24)/t11-/m1/s1. The van der Waals surface area contributed by atoms with Crippen LogP contribution in [0, 0.1) is 12.7 Å². The molecule has 0 aliphatic rings. The summed E-state index contributed by atoms with van der Waals surface area (Å²) in [6.07, 6.45) is 0. The second-order valence-electron chi connectivity index (χ2n) is 5.97. The zero-order chi connectivity index (χ0) is 18.0. The number of aromatic nitrogens is 2. The largest absolute Gasteiger partial charge is 0.350 e. The minimum absolute atomic E-state index is 0.0870. The Hall–Kier alpha value is -2.25. The maximum atomic E-state index is 13.2. The van der Waals surface area contributed by atoms with Crippen molar-refractivity contribution in [3.8, 4) is 5.69 Å². The number of aryl methyl sites for hydroxylation is 1. The van der Waals surface area contributed by atoms with E-state index in [0.717, 1.165) is 28.1 Å². The Morgan fingerprint density at radius 3 is 2.76 bits per heavy atom. The van der Waals surface area contributed by atoms with E-state index in [0.29, 0.717) is 11.4 Å². The van der Waals surface area contributed by atoms with Crippen LogP contribution in [0.2, 0.25) is 0 Å². The second kappa shape index (κ2) is 7.33. The van der Waals surface area contributed by atoms with Crippen molar-refractivity contribution in [1.29, 1.82) is 0 Å². The monoisotopic (exact) mass is 360 g/mol. The third kappa shape index (κ3) is 3.72. The number of nitrogens with one attached hydrogen (secondary N) is 2. The second-order valence-corrected chi connectivity index (χ2v) is 7.00. The summed E-state index contributed by atoms with van der Waals surface area (Å²) in [5, 5.41) is 11.7. The fourth-order valence-corrected chi connectivity index (χ4v) is 3.77. The van der Waals surface area contributed by atoms with Crippen molar-refractivity contribution in [3.05, 3.63) is 46.7 Å². The first-order chi connectivity index (χ1) is 12.0. The Morgan fingerprint density at radius 1 is 1.36 bits per heavy atom. The molecule has 0 saturated carbocycles. The van der Waals surface area contributed by atoms with Gasteiger partial charge in [0.1, 0.15) is 10.6 Å². The number of hydrogen-bond donors (Lipinski definition) is 2. The van der Waals surface area contributed by atoms with Crippen LogP contribution in [0.1, 0.15) is 29.2 Å². The molecule has 7 heteroatoms. The van der Waals surface area contributed by atoms with Gasteiger partial charge in [-0.3, -0.25) is 4.79 Å². The van der Waals surface area contributed by atoms with Gasteiger partial charge in [-0.2, -0.15) is 5.10 Å². The number of thiophene rings is 1. The Balaban J connectivity index is 1.86. The van der Waals surface area contributed by atoms with Crippen LogP contribution in [0.15, 0.2) is 30.3 Å². The Labute approximate surface area is 149 Å². The van der Waals surface area contributed by atoms with Crippen molar-refractivity contribution < 1.29 is 9.18 Å². The molecule has 1 aromatic carbocycles. The van der Waals surface area contributed by atoms with Crippen molar-refractivity contribution in [1.82, 2.24) is 20.4 Å². The highest BCUT2D eigenvalue weighted by Crippen LogP contribution is 2.30. The molecule has 0 unspecified atom stereocenters. The third-order valence-electron chi connectivity index (χ3n) is 3.96. The number of rotatable bonds is 6. The van der Waals surface area contributed by atoms with Gasteiger partial charge in [-0.15, -0.1) is 11.3 Å². The molecule has 132 valence electrons. The molecule has 0 radical (unpaired) electrons. The van der Waals surface area contributed by atoms with Crippen LogP contribution in [-0.4, -0.2) is 34.8 Å². The summed E-state index contributed by atoms with van der Waals surface area (Å²) in [4.78, 5) is 13.9. The van der Waals surface area contributed by atoms with Gasteiger partial charge in [0, 0.05) is 18.0 Å². The summed E-state index contributed by atoms with van der Waals surface area (Å²) < 4.78 is 14.9. The topological polar surface area (TPSA) is 58.9 Å². The molecule has 0 aliphatic heterocycles. The molecule has 2 N–H and O–H groups in total. The van der Waals surface area contributed by atoms with Gasteiger partial charge < -0.3 is 10.6 Å². The Morgan fingerprint density at radius 2 is 2.08 bits per heavy atom. The van der Waals surface area contributed by atoms with E-state index >= 15 is 0 Å². The molecule has 1 atom stereocenters. The lowest BCUT2D eigenvalue weighted by Gasteiger charge is -2.12. The molecule has 2 aromatic heterocycles. The summed E-state index contributed by atoms with van der Waals surface area (Å²) >= 11 is 1.39. The normalized spacial score (nSPS) is 12.5. The lowest BCUT2D eigenvalue weighted by Crippen LogP contribution is -2.38. The first-order valence-corrected chi connectivity index (χ1v) is 9.08. The Bertz CT molecular complexity index is 885. The van der Waals surface area contributed by atoms with Crippen molar-refractivity contribution in [2.24, 2.45) is 0 Å². The van der Waals surface area contributed by atoms with Gasteiger partial charge in [0.05, 0.1) is 16.3 Å². The van der Waals surface area contributed by atoms with Gasteiger partial charge in [-0.1, -0.05) is 6.92 Å². The van der Waals surface area contributed by atoms with Gasteiger partial charge in [-0.05, 0) is 50.7 Å². The summed E-state index contributed by atoms with van der Waals surface area (Å²) in [5.74, 6) is -0.374. The molecule has 3 aromatic rings. The number of carbonyl (C=O) groups is 1. The van der Waals surface area contributed by atoms with Gasteiger partial charge in [-0.25, -0.2) is 9.07 Å². The van der Waals surface area contributed by atoms with E-state index in [9.17, 15) is 9.18 Å². The molecule has 0 spiro atoms. The fraction of sp³-hybridized carbons (Fsp3) is 0.333. The van der Waals surface area contributed by atoms with Crippen molar-refractivity contribution in [3.63, 3.8) is 0 Å². The number of amides is 1. The van der Waals surface area contributed by atoms with E-state index in [1.54, 1.807) is 16.8 Å². The maximum Gasteiger partial charge on any atom is 0.261 e.